The van der Waals surface area contributed by atoms with Gasteiger partial charge in [-0.3, -0.25) is 9.59 Å². The normalized spacial score (nSPS) is 17.4. The minimum Gasteiger partial charge on any atom is -0.312 e. The Bertz CT molecular complexity index is 746. The van der Waals surface area contributed by atoms with Crippen LogP contribution in [-0.4, -0.2) is 23.3 Å². The number of rotatable bonds is 3. The van der Waals surface area contributed by atoms with Gasteiger partial charge >= 0.3 is 0 Å². The Morgan fingerprint density at radius 2 is 2.00 bits per heavy atom. The molecule has 118 valence electrons. The summed E-state index contributed by atoms with van der Waals surface area (Å²) in [4.78, 5) is 30.4. The number of anilines is 2. The molecule has 3 rings (SSSR count). The van der Waals surface area contributed by atoms with Crippen LogP contribution >= 0.6 is 11.6 Å². The molecule has 1 aliphatic heterocycles. The lowest BCUT2D eigenvalue weighted by Gasteiger charge is -2.16. The maximum Gasteiger partial charge on any atom is 0.230 e. The summed E-state index contributed by atoms with van der Waals surface area (Å²) in [5.74, 6) is -0.134. The first-order valence-electron chi connectivity index (χ1n) is 7.33. The largest absolute Gasteiger partial charge is 0.312 e. The second kappa shape index (κ2) is 6.38. The Balaban J connectivity index is 1.69. The molecule has 1 aromatic carbocycles. The van der Waals surface area contributed by atoms with Crippen molar-refractivity contribution in [3.05, 3.63) is 53.2 Å². The van der Waals surface area contributed by atoms with Crippen molar-refractivity contribution in [2.45, 2.75) is 13.3 Å². The summed E-state index contributed by atoms with van der Waals surface area (Å²) in [7, 11) is 0. The molecule has 1 aliphatic rings. The minimum atomic E-state index is -0.388. The van der Waals surface area contributed by atoms with Gasteiger partial charge in [-0.2, -0.15) is 0 Å². The van der Waals surface area contributed by atoms with E-state index in [0.29, 0.717) is 17.4 Å². The molecule has 0 aliphatic carbocycles. The zero-order chi connectivity index (χ0) is 16.4. The molecule has 5 nitrogen and oxygen atoms in total. The quantitative estimate of drug-likeness (QED) is 0.941. The molecule has 0 spiro atoms. The Labute approximate surface area is 139 Å². The van der Waals surface area contributed by atoms with Gasteiger partial charge in [0.2, 0.25) is 11.8 Å². The maximum absolute atomic E-state index is 12.4. The van der Waals surface area contributed by atoms with E-state index in [1.165, 1.54) is 0 Å². The molecule has 1 saturated heterocycles. The molecule has 0 saturated carbocycles. The predicted octanol–water partition coefficient (Wildman–Crippen LogP) is 3.04. The number of halogens is 1. The molecule has 2 heterocycles. The summed E-state index contributed by atoms with van der Waals surface area (Å²) in [5.41, 5.74) is 1.58. The summed E-state index contributed by atoms with van der Waals surface area (Å²) >= 11 is 5.86. The van der Waals surface area contributed by atoms with Crippen LogP contribution in [0.25, 0.3) is 0 Å². The van der Waals surface area contributed by atoms with Crippen molar-refractivity contribution in [1.29, 1.82) is 0 Å². The average molecular weight is 330 g/mol. The summed E-state index contributed by atoms with van der Waals surface area (Å²) in [5, 5.41) is 3.39. The molecule has 1 fully saturated rings. The number of benzene rings is 1. The lowest BCUT2D eigenvalue weighted by Crippen LogP contribution is -2.28. The van der Waals surface area contributed by atoms with Gasteiger partial charge in [-0.05, 0) is 43.3 Å². The van der Waals surface area contributed by atoms with Gasteiger partial charge in [-0.15, -0.1) is 0 Å². The number of carbonyl (C=O) groups excluding carboxylic acids is 2. The van der Waals surface area contributed by atoms with Crippen LogP contribution in [0.1, 0.15) is 12.1 Å². The number of aryl methyl sites for hydroxylation is 1. The topological polar surface area (TPSA) is 62.3 Å². The van der Waals surface area contributed by atoms with Gasteiger partial charge in [-0.25, -0.2) is 4.98 Å². The highest BCUT2D eigenvalue weighted by atomic mass is 35.5. The Morgan fingerprint density at radius 3 is 2.70 bits per heavy atom. The number of hydrogen-bond donors (Lipinski definition) is 1. The highest BCUT2D eigenvalue weighted by Crippen LogP contribution is 2.27. The van der Waals surface area contributed by atoms with Gasteiger partial charge in [0, 0.05) is 29.4 Å². The van der Waals surface area contributed by atoms with Crippen LogP contribution in [-0.2, 0) is 9.59 Å². The SMILES string of the molecule is Cc1cccc(NC(=O)C2CC(=O)N(c3ccc(Cl)cc3)C2)n1. The van der Waals surface area contributed by atoms with E-state index >= 15 is 0 Å². The van der Waals surface area contributed by atoms with Crippen molar-refractivity contribution in [2.24, 2.45) is 5.92 Å². The molecule has 2 amide bonds. The van der Waals surface area contributed by atoms with E-state index in [4.69, 9.17) is 11.6 Å². The second-order valence-electron chi connectivity index (χ2n) is 5.54. The highest BCUT2D eigenvalue weighted by Gasteiger charge is 2.35. The van der Waals surface area contributed by atoms with E-state index in [2.05, 4.69) is 10.3 Å². The van der Waals surface area contributed by atoms with Gasteiger partial charge in [-0.1, -0.05) is 17.7 Å². The average Bonchev–Trinajstić information content (AvgIpc) is 2.90. The summed E-state index contributed by atoms with van der Waals surface area (Å²) < 4.78 is 0. The van der Waals surface area contributed by atoms with E-state index in [1.54, 1.807) is 35.2 Å². The lowest BCUT2D eigenvalue weighted by molar-refractivity contribution is -0.122. The Hall–Kier alpha value is -2.40. The van der Waals surface area contributed by atoms with Crippen LogP contribution in [0.4, 0.5) is 11.5 Å². The summed E-state index contributed by atoms with van der Waals surface area (Å²) in [6.07, 6.45) is 0.195. The number of nitrogens with one attached hydrogen (secondary N) is 1. The number of hydrogen-bond acceptors (Lipinski definition) is 3. The molecule has 1 aromatic heterocycles. The van der Waals surface area contributed by atoms with Crippen LogP contribution < -0.4 is 10.2 Å². The third kappa shape index (κ3) is 3.51. The van der Waals surface area contributed by atoms with Crippen molar-refractivity contribution < 1.29 is 9.59 Å². The highest BCUT2D eigenvalue weighted by molar-refractivity contribution is 6.30. The molecule has 1 N–H and O–H groups in total. The zero-order valence-electron chi connectivity index (χ0n) is 12.6. The van der Waals surface area contributed by atoms with E-state index in [9.17, 15) is 9.59 Å². The van der Waals surface area contributed by atoms with Gasteiger partial charge in [0.25, 0.3) is 0 Å². The lowest BCUT2D eigenvalue weighted by atomic mass is 10.1. The second-order valence-corrected chi connectivity index (χ2v) is 5.97. The number of aromatic nitrogens is 1. The zero-order valence-corrected chi connectivity index (χ0v) is 13.4. The van der Waals surface area contributed by atoms with Crippen molar-refractivity contribution in [3.8, 4) is 0 Å². The number of pyridine rings is 1. The van der Waals surface area contributed by atoms with Crippen LogP contribution in [0.3, 0.4) is 0 Å². The molecule has 6 heteroatoms. The van der Waals surface area contributed by atoms with Crippen molar-refractivity contribution in [3.63, 3.8) is 0 Å². The van der Waals surface area contributed by atoms with Crippen LogP contribution in [0, 0.1) is 12.8 Å². The van der Waals surface area contributed by atoms with Gasteiger partial charge < -0.3 is 10.2 Å². The van der Waals surface area contributed by atoms with E-state index in [0.717, 1.165) is 11.4 Å². The Morgan fingerprint density at radius 1 is 1.26 bits per heavy atom. The van der Waals surface area contributed by atoms with Crippen molar-refractivity contribution >= 4 is 34.9 Å². The fourth-order valence-electron chi connectivity index (χ4n) is 2.59. The van der Waals surface area contributed by atoms with Gasteiger partial charge in [0.1, 0.15) is 5.82 Å². The molecule has 23 heavy (non-hydrogen) atoms. The van der Waals surface area contributed by atoms with Crippen molar-refractivity contribution in [1.82, 2.24) is 4.98 Å². The van der Waals surface area contributed by atoms with Gasteiger partial charge in [0.05, 0.1) is 5.92 Å². The third-order valence-electron chi connectivity index (χ3n) is 3.77. The smallest absolute Gasteiger partial charge is 0.230 e. The van der Waals surface area contributed by atoms with E-state index < -0.39 is 0 Å². The molecule has 1 atom stereocenters. The van der Waals surface area contributed by atoms with E-state index in [-0.39, 0.29) is 24.2 Å². The number of amides is 2. The monoisotopic (exact) mass is 329 g/mol. The fraction of sp³-hybridized carbons (Fsp3) is 0.235. The summed E-state index contributed by atoms with van der Waals surface area (Å²) in [6, 6.07) is 12.4. The van der Waals surface area contributed by atoms with Crippen LogP contribution in [0.15, 0.2) is 42.5 Å². The predicted molar refractivity (Wildman–Crippen MR) is 89.5 cm³/mol. The molecular weight excluding hydrogens is 314 g/mol. The molecule has 2 aromatic rings. The first-order valence-corrected chi connectivity index (χ1v) is 7.71. The molecule has 0 bridgehead atoms. The first-order chi connectivity index (χ1) is 11.0. The fourth-order valence-corrected chi connectivity index (χ4v) is 2.72. The van der Waals surface area contributed by atoms with E-state index in [1.807, 2.05) is 19.1 Å². The van der Waals surface area contributed by atoms with Crippen molar-refractivity contribution in [2.75, 3.05) is 16.8 Å². The Kier molecular flexibility index (Phi) is 4.30. The third-order valence-corrected chi connectivity index (χ3v) is 4.03. The minimum absolute atomic E-state index is 0.0651. The molecular formula is C17H16ClN3O2. The standard InChI is InChI=1S/C17H16ClN3O2/c1-11-3-2-4-15(19-11)20-17(23)12-9-16(22)21(10-12)14-7-5-13(18)6-8-14/h2-8,12H,9-10H2,1H3,(H,19,20,23). The molecule has 1 unspecified atom stereocenters. The van der Waals surface area contributed by atoms with Gasteiger partial charge in [0.15, 0.2) is 0 Å². The number of carbonyl (C=O) groups is 2. The van der Waals surface area contributed by atoms with Crippen LogP contribution in [0.5, 0.6) is 0 Å². The van der Waals surface area contributed by atoms with Crippen LogP contribution in [0.2, 0.25) is 5.02 Å². The molecule has 0 radical (unpaired) electrons. The number of nitrogens with zero attached hydrogens (tertiary/aromatic N) is 2. The summed E-state index contributed by atoms with van der Waals surface area (Å²) in [6.45, 7) is 2.22. The maximum atomic E-state index is 12.4. The first kappa shape index (κ1) is 15.5.